The largest absolute Gasteiger partial charge is 0.352 e. The van der Waals surface area contributed by atoms with Crippen LogP contribution in [0.1, 0.15) is 30.8 Å². The quantitative estimate of drug-likeness (QED) is 0.887. The first-order chi connectivity index (χ1) is 10.1. The van der Waals surface area contributed by atoms with Gasteiger partial charge in [-0.05, 0) is 37.6 Å². The molecular formula is C15H17FN4O. The second-order valence-corrected chi connectivity index (χ2v) is 4.68. The van der Waals surface area contributed by atoms with Crippen molar-refractivity contribution in [2.75, 3.05) is 10.6 Å². The van der Waals surface area contributed by atoms with E-state index in [-0.39, 0.29) is 11.7 Å². The molecule has 1 aromatic heterocycles. The molecule has 0 aliphatic rings. The third-order valence-corrected chi connectivity index (χ3v) is 2.96. The van der Waals surface area contributed by atoms with Crippen LogP contribution in [0, 0.1) is 5.82 Å². The summed E-state index contributed by atoms with van der Waals surface area (Å²) in [4.78, 5) is 20.3. The fourth-order valence-electron chi connectivity index (χ4n) is 1.64. The molecule has 0 saturated carbocycles. The Kier molecular flexibility index (Phi) is 4.81. The summed E-state index contributed by atoms with van der Waals surface area (Å²) in [6.45, 7) is 4.04. The summed E-state index contributed by atoms with van der Waals surface area (Å²) >= 11 is 0. The summed E-state index contributed by atoms with van der Waals surface area (Å²) in [6.07, 6.45) is 2.43. The minimum Gasteiger partial charge on any atom is -0.352 e. The predicted octanol–water partition coefficient (Wildman–Crippen LogP) is 3.08. The van der Waals surface area contributed by atoms with Gasteiger partial charge in [0.05, 0.1) is 0 Å². The smallest absolute Gasteiger partial charge is 0.274 e. The van der Waals surface area contributed by atoms with Crippen molar-refractivity contribution in [2.24, 2.45) is 0 Å². The van der Waals surface area contributed by atoms with Crippen molar-refractivity contribution >= 4 is 17.5 Å². The van der Waals surface area contributed by atoms with Gasteiger partial charge in [-0.3, -0.25) is 4.79 Å². The van der Waals surface area contributed by atoms with Crippen LogP contribution in [0.2, 0.25) is 0 Å². The van der Waals surface area contributed by atoms with Crippen molar-refractivity contribution in [1.29, 1.82) is 0 Å². The topological polar surface area (TPSA) is 66.9 Å². The van der Waals surface area contributed by atoms with E-state index in [1.54, 1.807) is 6.07 Å². The van der Waals surface area contributed by atoms with Gasteiger partial charge in [0.2, 0.25) is 5.95 Å². The van der Waals surface area contributed by atoms with E-state index in [0.29, 0.717) is 11.6 Å². The lowest BCUT2D eigenvalue weighted by Crippen LogP contribution is -2.19. The minimum absolute atomic E-state index is 0.214. The Hall–Kier alpha value is -2.50. The highest BCUT2D eigenvalue weighted by Crippen LogP contribution is 2.11. The zero-order valence-electron chi connectivity index (χ0n) is 11.9. The van der Waals surface area contributed by atoms with Crippen molar-refractivity contribution in [3.63, 3.8) is 0 Å². The van der Waals surface area contributed by atoms with Crippen LogP contribution in [0.5, 0.6) is 0 Å². The fraction of sp³-hybridized carbons (Fsp3) is 0.267. The molecule has 21 heavy (non-hydrogen) atoms. The molecule has 0 spiro atoms. The molecule has 1 aromatic carbocycles. The van der Waals surface area contributed by atoms with E-state index in [9.17, 15) is 9.18 Å². The van der Waals surface area contributed by atoms with Crippen LogP contribution in [0.15, 0.2) is 36.5 Å². The molecule has 1 heterocycles. The SMILES string of the molecule is CCC(C)Nc1nccc(C(=O)Nc2cccc(F)c2)n1. The Morgan fingerprint density at radius 3 is 2.90 bits per heavy atom. The number of halogens is 1. The number of rotatable bonds is 5. The number of benzene rings is 1. The highest BCUT2D eigenvalue weighted by atomic mass is 19.1. The van der Waals surface area contributed by atoms with Crippen LogP contribution in [-0.2, 0) is 0 Å². The number of carbonyl (C=O) groups is 1. The first-order valence-corrected chi connectivity index (χ1v) is 6.75. The third kappa shape index (κ3) is 4.24. The maximum Gasteiger partial charge on any atom is 0.274 e. The molecule has 2 aromatic rings. The monoisotopic (exact) mass is 288 g/mol. The Morgan fingerprint density at radius 2 is 2.19 bits per heavy atom. The van der Waals surface area contributed by atoms with Crippen molar-refractivity contribution in [3.05, 3.63) is 48.0 Å². The molecule has 6 heteroatoms. The predicted molar refractivity (Wildman–Crippen MR) is 79.8 cm³/mol. The summed E-state index contributed by atoms with van der Waals surface area (Å²) in [7, 11) is 0. The summed E-state index contributed by atoms with van der Waals surface area (Å²) in [5, 5.41) is 5.69. The number of hydrogen-bond donors (Lipinski definition) is 2. The van der Waals surface area contributed by atoms with Gasteiger partial charge >= 0.3 is 0 Å². The molecule has 0 fully saturated rings. The molecule has 1 atom stereocenters. The standard InChI is InChI=1S/C15H17FN4O/c1-3-10(2)18-15-17-8-7-13(20-15)14(21)19-12-6-4-5-11(16)9-12/h4-10H,3H2,1-2H3,(H,19,21)(H,17,18,20). The second-order valence-electron chi connectivity index (χ2n) is 4.68. The van der Waals surface area contributed by atoms with Crippen LogP contribution in [0.4, 0.5) is 16.0 Å². The molecule has 2 N–H and O–H groups in total. The van der Waals surface area contributed by atoms with Gasteiger partial charge in [0, 0.05) is 17.9 Å². The van der Waals surface area contributed by atoms with Gasteiger partial charge in [-0.2, -0.15) is 0 Å². The summed E-state index contributed by atoms with van der Waals surface area (Å²) in [6, 6.07) is 7.43. The molecule has 1 unspecified atom stereocenters. The molecule has 110 valence electrons. The second kappa shape index (κ2) is 6.78. The lowest BCUT2D eigenvalue weighted by molar-refractivity contribution is 0.102. The van der Waals surface area contributed by atoms with Crippen molar-refractivity contribution < 1.29 is 9.18 Å². The number of aromatic nitrogens is 2. The summed E-state index contributed by atoms with van der Waals surface area (Å²) < 4.78 is 13.1. The number of anilines is 2. The van der Waals surface area contributed by atoms with E-state index in [2.05, 4.69) is 20.6 Å². The Balaban J connectivity index is 2.10. The average molecular weight is 288 g/mol. The van der Waals surface area contributed by atoms with E-state index >= 15 is 0 Å². The average Bonchev–Trinajstić information content (AvgIpc) is 2.47. The van der Waals surface area contributed by atoms with E-state index in [1.165, 1.54) is 30.5 Å². The van der Waals surface area contributed by atoms with Gasteiger partial charge < -0.3 is 10.6 Å². The maximum atomic E-state index is 13.1. The molecule has 0 aliphatic carbocycles. The van der Waals surface area contributed by atoms with E-state index in [0.717, 1.165) is 6.42 Å². The normalized spacial score (nSPS) is 11.8. The van der Waals surface area contributed by atoms with Gasteiger partial charge in [-0.25, -0.2) is 14.4 Å². The highest BCUT2D eigenvalue weighted by molar-refractivity contribution is 6.02. The zero-order valence-corrected chi connectivity index (χ0v) is 11.9. The molecule has 5 nitrogen and oxygen atoms in total. The van der Waals surface area contributed by atoms with Crippen LogP contribution in [0.3, 0.4) is 0 Å². The van der Waals surface area contributed by atoms with Crippen molar-refractivity contribution in [1.82, 2.24) is 9.97 Å². The third-order valence-electron chi connectivity index (χ3n) is 2.96. The number of nitrogens with one attached hydrogen (secondary N) is 2. The Labute approximate surface area is 122 Å². The Bertz CT molecular complexity index is 633. The van der Waals surface area contributed by atoms with E-state index < -0.39 is 11.7 Å². The maximum absolute atomic E-state index is 13.1. The van der Waals surface area contributed by atoms with Crippen LogP contribution >= 0.6 is 0 Å². The molecule has 0 saturated heterocycles. The number of carbonyl (C=O) groups excluding carboxylic acids is 1. The van der Waals surface area contributed by atoms with Crippen molar-refractivity contribution in [2.45, 2.75) is 26.3 Å². The first-order valence-electron chi connectivity index (χ1n) is 6.75. The molecule has 0 radical (unpaired) electrons. The number of amides is 1. The van der Waals surface area contributed by atoms with Crippen LogP contribution < -0.4 is 10.6 Å². The van der Waals surface area contributed by atoms with E-state index in [4.69, 9.17) is 0 Å². The van der Waals surface area contributed by atoms with Gasteiger partial charge in [-0.15, -0.1) is 0 Å². The highest BCUT2D eigenvalue weighted by Gasteiger charge is 2.10. The zero-order chi connectivity index (χ0) is 15.2. The Morgan fingerprint density at radius 1 is 1.38 bits per heavy atom. The first kappa shape index (κ1) is 14.9. The van der Waals surface area contributed by atoms with Crippen LogP contribution in [0.25, 0.3) is 0 Å². The molecular weight excluding hydrogens is 271 g/mol. The van der Waals surface area contributed by atoms with Crippen molar-refractivity contribution in [3.8, 4) is 0 Å². The van der Waals surface area contributed by atoms with Gasteiger partial charge in [0.25, 0.3) is 5.91 Å². The van der Waals surface area contributed by atoms with E-state index in [1.807, 2.05) is 13.8 Å². The van der Waals surface area contributed by atoms with Crippen LogP contribution in [-0.4, -0.2) is 21.9 Å². The lowest BCUT2D eigenvalue weighted by atomic mass is 10.3. The molecule has 1 amide bonds. The minimum atomic E-state index is -0.408. The molecule has 0 bridgehead atoms. The summed E-state index contributed by atoms with van der Waals surface area (Å²) in [5.41, 5.74) is 0.607. The lowest BCUT2D eigenvalue weighted by Gasteiger charge is -2.11. The molecule has 0 aliphatic heterocycles. The fourth-order valence-corrected chi connectivity index (χ4v) is 1.64. The number of hydrogen-bond acceptors (Lipinski definition) is 4. The number of nitrogens with zero attached hydrogens (tertiary/aromatic N) is 2. The van der Waals surface area contributed by atoms with Gasteiger partial charge in [-0.1, -0.05) is 13.0 Å². The van der Waals surface area contributed by atoms with Gasteiger partial charge in [0.1, 0.15) is 11.5 Å². The molecule has 2 rings (SSSR count). The van der Waals surface area contributed by atoms with Gasteiger partial charge in [0.15, 0.2) is 0 Å². The summed E-state index contributed by atoms with van der Waals surface area (Å²) in [5.74, 6) is -0.416.